The molecule has 1 saturated heterocycles. The Morgan fingerprint density at radius 3 is 2.24 bits per heavy atom. The van der Waals surface area contributed by atoms with E-state index in [-0.39, 0.29) is 43.5 Å². The lowest BCUT2D eigenvalue weighted by Crippen LogP contribution is -2.51. The minimum Gasteiger partial charge on any atom is -0.335 e. The van der Waals surface area contributed by atoms with Gasteiger partial charge in [-0.05, 0) is 37.3 Å². The smallest absolute Gasteiger partial charge is 0.335 e. The first-order chi connectivity index (χ1) is 16.1. The summed E-state index contributed by atoms with van der Waals surface area (Å²) in [6.07, 6.45) is -1.52. The number of amides is 2. The molecule has 0 atom stereocenters. The SMILES string of the molecule is Cc1cc(=O)c(C(=O)N2CCN(C(=O)c3cccnc3)CC2)nn1-c1cccc(C(F)(F)F)c1. The lowest BCUT2D eigenvalue weighted by Gasteiger charge is -2.34. The van der Waals surface area contributed by atoms with Crippen molar-refractivity contribution >= 4 is 11.8 Å². The van der Waals surface area contributed by atoms with E-state index in [1.54, 1.807) is 23.2 Å². The second kappa shape index (κ2) is 9.08. The van der Waals surface area contributed by atoms with E-state index in [2.05, 4.69) is 10.1 Å². The highest BCUT2D eigenvalue weighted by Crippen LogP contribution is 2.30. The molecule has 2 aromatic heterocycles. The van der Waals surface area contributed by atoms with Crippen molar-refractivity contribution in [1.82, 2.24) is 24.6 Å². The first-order valence-electron chi connectivity index (χ1n) is 10.4. The number of benzene rings is 1. The molecule has 11 heteroatoms. The van der Waals surface area contributed by atoms with Crippen LogP contribution < -0.4 is 5.43 Å². The Kier molecular flexibility index (Phi) is 6.18. The van der Waals surface area contributed by atoms with E-state index in [1.165, 1.54) is 36.2 Å². The van der Waals surface area contributed by atoms with Crippen molar-refractivity contribution in [2.75, 3.05) is 26.2 Å². The van der Waals surface area contributed by atoms with Crippen LogP contribution in [0.4, 0.5) is 13.2 Å². The molecule has 1 aliphatic rings. The monoisotopic (exact) mass is 471 g/mol. The Morgan fingerprint density at radius 1 is 0.941 bits per heavy atom. The van der Waals surface area contributed by atoms with Crippen LogP contribution in [0.3, 0.4) is 0 Å². The van der Waals surface area contributed by atoms with Gasteiger partial charge in [-0.3, -0.25) is 19.4 Å². The zero-order valence-corrected chi connectivity index (χ0v) is 18.1. The van der Waals surface area contributed by atoms with Gasteiger partial charge in [0.1, 0.15) is 0 Å². The van der Waals surface area contributed by atoms with Crippen LogP contribution in [0.5, 0.6) is 0 Å². The molecular formula is C23H20F3N5O3. The van der Waals surface area contributed by atoms with Gasteiger partial charge < -0.3 is 9.80 Å². The maximum absolute atomic E-state index is 13.1. The van der Waals surface area contributed by atoms with Gasteiger partial charge in [0.05, 0.1) is 16.8 Å². The summed E-state index contributed by atoms with van der Waals surface area (Å²) in [5.41, 5.74) is -1.09. The second-order valence-corrected chi connectivity index (χ2v) is 7.78. The molecule has 3 aromatic rings. The molecule has 0 saturated carbocycles. The number of nitrogens with zero attached hydrogens (tertiary/aromatic N) is 5. The fraction of sp³-hybridized carbons (Fsp3) is 0.261. The number of hydrogen-bond donors (Lipinski definition) is 0. The standard InChI is InChI=1S/C23H20F3N5O3/c1-15-12-19(32)20(28-31(15)18-6-2-5-17(13-18)23(24,25)26)22(34)30-10-8-29(9-11-30)21(33)16-4-3-7-27-14-16/h2-7,12-14H,8-11H2,1H3. The van der Waals surface area contributed by atoms with Crippen molar-refractivity contribution in [1.29, 1.82) is 0 Å². The lowest BCUT2D eigenvalue weighted by molar-refractivity contribution is -0.137. The van der Waals surface area contributed by atoms with Crippen molar-refractivity contribution in [3.63, 3.8) is 0 Å². The molecule has 34 heavy (non-hydrogen) atoms. The van der Waals surface area contributed by atoms with Gasteiger partial charge in [0.15, 0.2) is 5.69 Å². The van der Waals surface area contributed by atoms with E-state index in [1.807, 2.05) is 0 Å². The third-order valence-corrected chi connectivity index (χ3v) is 5.49. The number of halogens is 3. The summed E-state index contributed by atoms with van der Waals surface area (Å²) < 4.78 is 40.5. The van der Waals surface area contributed by atoms with Crippen molar-refractivity contribution in [2.45, 2.75) is 13.1 Å². The summed E-state index contributed by atoms with van der Waals surface area (Å²) in [5, 5.41) is 4.10. The van der Waals surface area contributed by atoms with E-state index in [0.717, 1.165) is 16.8 Å². The fourth-order valence-electron chi connectivity index (χ4n) is 3.71. The fourth-order valence-corrected chi connectivity index (χ4v) is 3.71. The number of aromatic nitrogens is 3. The number of alkyl halides is 3. The maximum Gasteiger partial charge on any atom is 0.416 e. The van der Waals surface area contributed by atoms with Crippen molar-refractivity contribution in [2.24, 2.45) is 0 Å². The van der Waals surface area contributed by atoms with E-state index in [4.69, 9.17) is 0 Å². The number of carbonyl (C=O) groups is 2. The molecule has 0 bridgehead atoms. The van der Waals surface area contributed by atoms with Gasteiger partial charge in [0.25, 0.3) is 11.8 Å². The maximum atomic E-state index is 13.1. The number of piperazine rings is 1. The number of aryl methyl sites for hydroxylation is 1. The second-order valence-electron chi connectivity index (χ2n) is 7.78. The minimum absolute atomic E-state index is 0.0771. The molecule has 0 N–H and O–H groups in total. The van der Waals surface area contributed by atoms with E-state index in [9.17, 15) is 27.6 Å². The van der Waals surface area contributed by atoms with Gasteiger partial charge in [-0.1, -0.05) is 6.07 Å². The van der Waals surface area contributed by atoms with E-state index < -0.39 is 28.8 Å². The summed E-state index contributed by atoms with van der Waals surface area (Å²) >= 11 is 0. The summed E-state index contributed by atoms with van der Waals surface area (Å²) in [5.74, 6) is -0.847. The number of rotatable bonds is 3. The zero-order chi connectivity index (χ0) is 24.5. The summed E-state index contributed by atoms with van der Waals surface area (Å²) in [6, 6.07) is 8.96. The molecule has 2 amide bonds. The van der Waals surface area contributed by atoms with Crippen LogP contribution in [0.2, 0.25) is 0 Å². The Bertz CT molecular complexity index is 1280. The molecule has 176 valence electrons. The van der Waals surface area contributed by atoms with E-state index >= 15 is 0 Å². The summed E-state index contributed by atoms with van der Waals surface area (Å²) in [6.45, 7) is 2.40. The minimum atomic E-state index is -4.55. The number of hydrogen-bond acceptors (Lipinski definition) is 5. The predicted molar refractivity (Wildman–Crippen MR) is 116 cm³/mol. The molecule has 0 unspecified atom stereocenters. The average molecular weight is 471 g/mol. The number of pyridine rings is 1. The summed E-state index contributed by atoms with van der Waals surface area (Å²) in [4.78, 5) is 45.1. The van der Waals surface area contributed by atoms with Crippen LogP contribution in [-0.4, -0.2) is 62.6 Å². The van der Waals surface area contributed by atoms with Gasteiger partial charge in [-0.15, -0.1) is 0 Å². The van der Waals surface area contributed by atoms with Crippen molar-refractivity contribution < 1.29 is 22.8 Å². The topological polar surface area (TPSA) is 88.4 Å². The molecule has 0 radical (unpaired) electrons. The Hall–Kier alpha value is -4.02. The van der Waals surface area contributed by atoms with Crippen LogP contribution in [0.15, 0.2) is 59.7 Å². The predicted octanol–water partition coefficient (Wildman–Crippen LogP) is 2.55. The third-order valence-electron chi connectivity index (χ3n) is 5.49. The van der Waals surface area contributed by atoms with Crippen LogP contribution >= 0.6 is 0 Å². The molecule has 0 aliphatic carbocycles. The highest BCUT2D eigenvalue weighted by Gasteiger charge is 2.31. The normalized spacial score (nSPS) is 14.2. The number of carbonyl (C=O) groups excluding carboxylic acids is 2. The molecular weight excluding hydrogens is 451 g/mol. The van der Waals surface area contributed by atoms with Crippen LogP contribution in [0.25, 0.3) is 5.69 Å². The lowest BCUT2D eigenvalue weighted by atomic mass is 10.2. The Balaban J connectivity index is 1.55. The van der Waals surface area contributed by atoms with Crippen LogP contribution in [0, 0.1) is 6.92 Å². The zero-order valence-electron chi connectivity index (χ0n) is 18.1. The molecule has 4 rings (SSSR count). The molecule has 8 nitrogen and oxygen atoms in total. The van der Waals surface area contributed by atoms with Crippen molar-refractivity contribution in [3.8, 4) is 5.69 Å². The molecule has 3 heterocycles. The van der Waals surface area contributed by atoms with Crippen molar-refractivity contribution in [3.05, 3.63) is 87.6 Å². The first kappa shape index (κ1) is 23.1. The summed E-state index contributed by atoms with van der Waals surface area (Å²) in [7, 11) is 0. The molecule has 0 spiro atoms. The van der Waals surface area contributed by atoms with Gasteiger partial charge >= 0.3 is 6.18 Å². The van der Waals surface area contributed by atoms with Gasteiger partial charge in [0, 0.05) is 50.3 Å². The molecule has 1 aromatic carbocycles. The van der Waals surface area contributed by atoms with Crippen LogP contribution in [0.1, 0.15) is 32.1 Å². The Morgan fingerprint density at radius 2 is 1.62 bits per heavy atom. The third kappa shape index (κ3) is 4.68. The first-order valence-corrected chi connectivity index (χ1v) is 10.4. The quantitative estimate of drug-likeness (QED) is 0.586. The average Bonchev–Trinajstić information content (AvgIpc) is 2.83. The molecule has 1 fully saturated rings. The largest absolute Gasteiger partial charge is 0.416 e. The van der Waals surface area contributed by atoms with Crippen LogP contribution in [-0.2, 0) is 6.18 Å². The highest BCUT2D eigenvalue weighted by molar-refractivity contribution is 5.95. The van der Waals surface area contributed by atoms with Gasteiger partial charge in [0.2, 0.25) is 5.43 Å². The van der Waals surface area contributed by atoms with E-state index in [0.29, 0.717) is 5.56 Å². The molecule has 1 aliphatic heterocycles. The highest BCUT2D eigenvalue weighted by atomic mass is 19.4. The van der Waals surface area contributed by atoms with Gasteiger partial charge in [-0.25, -0.2) is 4.68 Å². The Labute approximate surface area is 192 Å². The van der Waals surface area contributed by atoms with Gasteiger partial charge in [-0.2, -0.15) is 18.3 Å².